The van der Waals surface area contributed by atoms with E-state index in [-0.39, 0.29) is 12.1 Å². The largest absolute Gasteiger partial charge is 0.337 e. The third-order valence-electron chi connectivity index (χ3n) is 5.61. The summed E-state index contributed by atoms with van der Waals surface area (Å²) in [5, 5.41) is 3.15. The molecule has 5 heteroatoms. The van der Waals surface area contributed by atoms with Crippen molar-refractivity contribution >= 4 is 6.03 Å². The fraction of sp³-hybridized carbons (Fsp3) is 0.650. The molecule has 1 aromatic rings. The number of carbonyl (C=O) groups excluding carboxylic acids is 1. The molecule has 1 N–H and O–H groups in total. The van der Waals surface area contributed by atoms with Gasteiger partial charge in [-0.3, -0.25) is 0 Å². The quantitative estimate of drug-likeness (QED) is 0.912. The normalized spacial score (nSPS) is 23.6. The lowest BCUT2D eigenvalue weighted by Gasteiger charge is -2.40. The standard InChI is InChI=1S/C20H32N4O/c1-17-8-11-23(12-9-17)13-10-21-20(25)24-15-14-22(2)16-19(24)18-6-4-3-5-7-18/h3-7,17,19H,8-16H2,1-2H3,(H,21,25). The van der Waals surface area contributed by atoms with E-state index in [1.54, 1.807) is 0 Å². The van der Waals surface area contributed by atoms with Crippen LogP contribution < -0.4 is 5.32 Å². The summed E-state index contributed by atoms with van der Waals surface area (Å²) in [4.78, 5) is 19.5. The summed E-state index contributed by atoms with van der Waals surface area (Å²) in [5.41, 5.74) is 1.22. The molecule has 1 aromatic carbocycles. The molecule has 2 amide bonds. The van der Waals surface area contributed by atoms with Gasteiger partial charge in [0.1, 0.15) is 0 Å². The highest BCUT2D eigenvalue weighted by atomic mass is 16.2. The van der Waals surface area contributed by atoms with Crippen molar-refractivity contribution in [3.05, 3.63) is 35.9 Å². The minimum absolute atomic E-state index is 0.0762. The number of hydrogen-bond acceptors (Lipinski definition) is 3. The van der Waals surface area contributed by atoms with Crippen LogP contribution in [0.1, 0.15) is 31.4 Å². The molecule has 138 valence electrons. The second-order valence-electron chi connectivity index (χ2n) is 7.64. The molecule has 0 bridgehead atoms. The molecule has 1 unspecified atom stereocenters. The molecule has 0 saturated carbocycles. The topological polar surface area (TPSA) is 38.8 Å². The first-order chi connectivity index (χ1) is 12.1. The predicted octanol–water partition coefficient (Wildman–Crippen LogP) is 2.42. The first-order valence-corrected chi connectivity index (χ1v) is 9.64. The Kier molecular flexibility index (Phi) is 6.32. The zero-order valence-electron chi connectivity index (χ0n) is 15.7. The van der Waals surface area contributed by atoms with Gasteiger partial charge < -0.3 is 20.0 Å². The van der Waals surface area contributed by atoms with Gasteiger partial charge in [-0.15, -0.1) is 0 Å². The maximum Gasteiger partial charge on any atom is 0.318 e. The number of likely N-dealkylation sites (N-methyl/N-ethyl adjacent to an activating group) is 1. The Morgan fingerprint density at radius 3 is 2.56 bits per heavy atom. The second kappa shape index (κ2) is 8.68. The van der Waals surface area contributed by atoms with Gasteiger partial charge in [-0.2, -0.15) is 0 Å². The Morgan fingerprint density at radius 2 is 1.84 bits per heavy atom. The maximum absolute atomic E-state index is 12.8. The number of likely N-dealkylation sites (tertiary alicyclic amines) is 1. The van der Waals surface area contributed by atoms with Gasteiger partial charge in [0, 0.05) is 32.7 Å². The number of piperidine rings is 1. The molecule has 2 fully saturated rings. The number of hydrogen-bond donors (Lipinski definition) is 1. The van der Waals surface area contributed by atoms with E-state index in [2.05, 4.69) is 53.4 Å². The van der Waals surface area contributed by atoms with Crippen LogP contribution in [0.2, 0.25) is 0 Å². The highest BCUT2D eigenvalue weighted by Gasteiger charge is 2.30. The fourth-order valence-electron chi connectivity index (χ4n) is 3.83. The molecule has 2 aliphatic heterocycles. The summed E-state index contributed by atoms with van der Waals surface area (Å²) in [5.74, 6) is 0.850. The Labute approximate surface area is 152 Å². The van der Waals surface area contributed by atoms with E-state index in [0.29, 0.717) is 0 Å². The van der Waals surface area contributed by atoms with E-state index >= 15 is 0 Å². The first-order valence-electron chi connectivity index (χ1n) is 9.64. The van der Waals surface area contributed by atoms with Gasteiger partial charge in [-0.05, 0) is 44.5 Å². The molecular formula is C20H32N4O. The molecule has 0 aromatic heterocycles. The average Bonchev–Trinajstić information content (AvgIpc) is 2.64. The summed E-state index contributed by atoms with van der Waals surface area (Å²) in [6.45, 7) is 8.96. The van der Waals surface area contributed by atoms with Crippen molar-refractivity contribution in [2.75, 3.05) is 52.9 Å². The average molecular weight is 345 g/mol. The molecule has 5 nitrogen and oxygen atoms in total. The fourth-order valence-corrected chi connectivity index (χ4v) is 3.83. The van der Waals surface area contributed by atoms with Crippen molar-refractivity contribution in [2.24, 2.45) is 5.92 Å². The van der Waals surface area contributed by atoms with Gasteiger partial charge in [0.15, 0.2) is 0 Å². The Morgan fingerprint density at radius 1 is 1.12 bits per heavy atom. The van der Waals surface area contributed by atoms with Gasteiger partial charge in [0.25, 0.3) is 0 Å². The van der Waals surface area contributed by atoms with Crippen molar-refractivity contribution < 1.29 is 4.79 Å². The zero-order valence-corrected chi connectivity index (χ0v) is 15.7. The minimum atomic E-state index is 0.0762. The van der Waals surface area contributed by atoms with Crippen LogP contribution in [0, 0.1) is 5.92 Å². The number of nitrogens with one attached hydrogen (secondary N) is 1. The van der Waals surface area contributed by atoms with Crippen molar-refractivity contribution in [3.63, 3.8) is 0 Å². The summed E-state index contributed by atoms with van der Waals surface area (Å²) in [6.07, 6.45) is 2.56. The summed E-state index contributed by atoms with van der Waals surface area (Å²) in [7, 11) is 2.13. The molecule has 3 rings (SSSR count). The smallest absolute Gasteiger partial charge is 0.318 e. The number of piperazine rings is 1. The molecule has 0 spiro atoms. The van der Waals surface area contributed by atoms with Crippen LogP contribution >= 0.6 is 0 Å². The molecule has 0 aliphatic carbocycles. The lowest BCUT2D eigenvalue weighted by atomic mass is 9.99. The number of rotatable bonds is 4. The first kappa shape index (κ1) is 18.2. The van der Waals surface area contributed by atoms with Gasteiger partial charge in [-0.25, -0.2) is 4.79 Å². The third kappa shape index (κ3) is 4.95. The maximum atomic E-state index is 12.8. The lowest BCUT2D eigenvalue weighted by molar-refractivity contribution is 0.107. The van der Waals surface area contributed by atoms with E-state index in [4.69, 9.17) is 0 Å². The van der Waals surface area contributed by atoms with Crippen LogP contribution in [0.25, 0.3) is 0 Å². The van der Waals surface area contributed by atoms with Gasteiger partial charge in [0.2, 0.25) is 0 Å². The van der Waals surface area contributed by atoms with E-state index in [9.17, 15) is 4.79 Å². The Bertz CT molecular complexity index is 542. The highest BCUT2D eigenvalue weighted by Crippen LogP contribution is 2.24. The second-order valence-corrected chi connectivity index (χ2v) is 7.64. The van der Waals surface area contributed by atoms with E-state index in [1.165, 1.54) is 18.4 Å². The van der Waals surface area contributed by atoms with Gasteiger partial charge >= 0.3 is 6.03 Å². The zero-order chi connectivity index (χ0) is 17.6. The van der Waals surface area contributed by atoms with Crippen LogP contribution in [0.3, 0.4) is 0 Å². The Balaban J connectivity index is 1.52. The van der Waals surface area contributed by atoms with Crippen molar-refractivity contribution in [1.82, 2.24) is 20.0 Å². The van der Waals surface area contributed by atoms with Crippen LogP contribution in [0.4, 0.5) is 4.79 Å². The molecule has 25 heavy (non-hydrogen) atoms. The molecule has 1 atom stereocenters. The SMILES string of the molecule is CC1CCN(CCNC(=O)N2CCN(C)CC2c2ccccc2)CC1. The number of nitrogens with zero attached hydrogens (tertiary/aromatic N) is 3. The molecule has 0 radical (unpaired) electrons. The van der Waals surface area contributed by atoms with Gasteiger partial charge in [-0.1, -0.05) is 37.3 Å². The molecular weight excluding hydrogens is 312 g/mol. The van der Waals surface area contributed by atoms with Crippen molar-refractivity contribution in [3.8, 4) is 0 Å². The summed E-state index contributed by atoms with van der Waals surface area (Å²) in [6, 6.07) is 10.6. The number of urea groups is 1. The highest BCUT2D eigenvalue weighted by molar-refractivity contribution is 5.75. The molecule has 2 aliphatic rings. The van der Waals surface area contributed by atoms with Gasteiger partial charge in [0.05, 0.1) is 6.04 Å². The molecule has 2 saturated heterocycles. The third-order valence-corrected chi connectivity index (χ3v) is 5.61. The van der Waals surface area contributed by atoms with Crippen LogP contribution in [0.15, 0.2) is 30.3 Å². The van der Waals surface area contributed by atoms with Crippen LogP contribution in [0.5, 0.6) is 0 Å². The van der Waals surface area contributed by atoms with Crippen LogP contribution in [-0.4, -0.2) is 73.6 Å². The summed E-state index contributed by atoms with van der Waals surface area (Å²) < 4.78 is 0. The van der Waals surface area contributed by atoms with E-state index in [0.717, 1.165) is 51.7 Å². The Hall–Kier alpha value is -1.59. The van der Waals surface area contributed by atoms with Crippen molar-refractivity contribution in [1.29, 1.82) is 0 Å². The predicted molar refractivity (Wildman–Crippen MR) is 102 cm³/mol. The summed E-state index contributed by atoms with van der Waals surface area (Å²) >= 11 is 0. The molecule has 2 heterocycles. The van der Waals surface area contributed by atoms with E-state index in [1.807, 2.05) is 11.0 Å². The number of carbonyl (C=O) groups is 1. The van der Waals surface area contributed by atoms with Crippen LogP contribution in [-0.2, 0) is 0 Å². The minimum Gasteiger partial charge on any atom is -0.337 e. The number of benzene rings is 1. The van der Waals surface area contributed by atoms with Crippen molar-refractivity contribution in [2.45, 2.75) is 25.8 Å². The lowest BCUT2D eigenvalue weighted by Crippen LogP contribution is -2.53. The van der Waals surface area contributed by atoms with E-state index < -0.39 is 0 Å². The monoisotopic (exact) mass is 344 g/mol. The number of amides is 2.